The van der Waals surface area contributed by atoms with Crippen molar-refractivity contribution < 1.29 is 13.9 Å². The summed E-state index contributed by atoms with van der Waals surface area (Å²) in [5.74, 6) is 0.178. The van der Waals surface area contributed by atoms with E-state index in [0.717, 1.165) is 37.1 Å². The predicted octanol–water partition coefficient (Wildman–Crippen LogP) is 3.47. The molecule has 35 heavy (non-hydrogen) atoms. The van der Waals surface area contributed by atoms with E-state index in [1.165, 1.54) is 0 Å². The lowest BCUT2D eigenvalue weighted by Gasteiger charge is -2.29. The fraction of sp³-hybridized carbons (Fsp3) is 0.308. The summed E-state index contributed by atoms with van der Waals surface area (Å²) in [5.41, 5.74) is 1.77. The molecule has 180 valence electrons. The Balaban J connectivity index is 1.31. The molecule has 0 bridgehead atoms. The van der Waals surface area contributed by atoms with Gasteiger partial charge in [-0.25, -0.2) is 9.48 Å². The van der Waals surface area contributed by atoms with Crippen LogP contribution in [0.15, 0.2) is 63.9 Å². The molecular formula is C26H27N5O4. The Kier molecular flexibility index (Phi) is 6.33. The molecule has 1 amide bonds. The van der Waals surface area contributed by atoms with Gasteiger partial charge in [0.2, 0.25) is 0 Å². The van der Waals surface area contributed by atoms with Crippen LogP contribution in [0.3, 0.4) is 0 Å². The van der Waals surface area contributed by atoms with Crippen molar-refractivity contribution in [2.75, 3.05) is 25.5 Å². The van der Waals surface area contributed by atoms with Crippen LogP contribution in [-0.2, 0) is 6.54 Å². The third-order valence-corrected chi connectivity index (χ3v) is 6.27. The van der Waals surface area contributed by atoms with Crippen LogP contribution in [0.1, 0.15) is 34.5 Å². The Bertz CT molecular complexity index is 1400. The standard InChI is InChI=1S/C26H27N5O4/c1-17-23(34-20-10-12-30(2)13-11-20)9-8-19-14-21(26(33)35-24(17)19)27-25(32)22-16-31(29-28-22)15-18-6-4-3-5-7-18/h3-9,14,16,20H,10-13,15H2,1-2H3,(H,27,32). The van der Waals surface area contributed by atoms with E-state index in [1.807, 2.05) is 49.4 Å². The van der Waals surface area contributed by atoms with E-state index in [2.05, 4.69) is 27.6 Å². The van der Waals surface area contributed by atoms with Crippen molar-refractivity contribution in [1.82, 2.24) is 19.9 Å². The van der Waals surface area contributed by atoms with Crippen molar-refractivity contribution in [2.24, 2.45) is 0 Å². The molecule has 1 N–H and O–H groups in total. The summed E-state index contributed by atoms with van der Waals surface area (Å²) in [5, 5.41) is 11.2. The lowest BCUT2D eigenvalue weighted by atomic mass is 10.1. The quantitative estimate of drug-likeness (QED) is 0.428. The number of carbonyl (C=O) groups is 1. The number of hydrogen-bond donors (Lipinski definition) is 1. The normalized spacial score (nSPS) is 14.8. The molecule has 0 atom stereocenters. The van der Waals surface area contributed by atoms with E-state index in [0.29, 0.717) is 23.3 Å². The number of aromatic nitrogens is 3. The summed E-state index contributed by atoms with van der Waals surface area (Å²) in [4.78, 5) is 27.7. The van der Waals surface area contributed by atoms with Crippen molar-refractivity contribution in [3.05, 3.63) is 82.0 Å². The van der Waals surface area contributed by atoms with E-state index in [-0.39, 0.29) is 17.5 Å². The lowest BCUT2D eigenvalue weighted by Crippen LogP contribution is -2.35. The minimum absolute atomic E-state index is 0.0449. The number of amides is 1. The highest BCUT2D eigenvalue weighted by molar-refractivity contribution is 6.03. The first-order valence-electron chi connectivity index (χ1n) is 11.6. The Morgan fingerprint density at radius 3 is 2.71 bits per heavy atom. The van der Waals surface area contributed by atoms with Gasteiger partial charge in [0.15, 0.2) is 5.69 Å². The number of aryl methyl sites for hydroxylation is 1. The summed E-state index contributed by atoms with van der Waals surface area (Å²) in [6.45, 7) is 4.35. The summed E-state index contributed by atoms with van der Waals surface area (Å²) in [7, 11) is 2.11. The first-order valence-corrected chi connectivity index (χ1v) is 11.6. The van der Waals surface area contributed by atoms with Crippen LogP contribution >= 0.6 is 0 Å². The third-order valence-electron chi connectivity index (χ3n) is 6.27. The number of hydrogen-bond acceptors (Lipinski definition) is 7. The van der Waals surface area contributed by atoms with Crippen LogP contribution in [0, 0.1) is 6.92 Å². The first-order chi connectivity index (χ1) is 17.0. The molecule has 4 aromatic rings. The highest BCUT2D eigenvalue weighted by atomic mass is 16.5. The molecule has 1 aliphatic heterocycles. The van der Waals surface area contributed by atoms with Gasteiger partial charge < -0.3 is 19.4 Å². The van der Waals surface area contributed by atoms with Gasteiger partial charge in [-0.15, -0.1) is 5.10 Å². The SMILES string of the molecule is Cc1c(OC2CCN(C)CC2)ccc2cc(NC(=O)c3cn(Cc4ccccc4)nn3)c(=O)oc12. The van der Waals surface area contributed by atoms with E-state index < -0.39 is 11.5 Å². The number of benzene rings is 2. The highest BCUT2D eigenvalue weighted by Gasteiger charge is 2.20. The molecule has 2 aromatic carbocycles. The molecule has 9 heteroatoms. The molecular weight excluding hydrogens is 446 g/mol. The Morgan fingerprint density at radius 1 is 1.17 bits per heavy atom. The fourth-order valence-electron chi connectivity index (χ4n) is 4.24. The van der Waals surface area contributed by atoms with Gasteiger partial charge in [0.1, 0.15) is 23.1 Å². The number of carbonyl (C=O) groups excluding carboxylic acids is 1. The van der Waals surface area contributed by atoms with E-state index in [4.69, 9.17) is 9.15 Å². The zero-order valence-corrected chi connectivity index (χ0v) is 19.7. The van der Waals surface area contributed by atoms with Gasteiger partial charge >= 0.3 is 5.63 Å². The molecule has 5 rings (SSSR count). The molecule has 0 aliphatic carbocycles. The smallest absolute Gasteiger partial charge is 0.360 e. The van der Waals surface area contributed by atoms with Crippen LogP contribution in [0.4, 0.5) is 5.69 Å². The second-order valence-electron chi connectivity index (χ2n) is 8.92. The number of nitrogens with one attached hydrogen (secondary N) is 1. The first kappa shape index (κ1) is 22.8. The Hall–Kier alpha value is -3.98. The van der Waals surface area contributed by atoms with E-state index in [1.54, 1.807) is 16.9 Å². The minimum Gasteiger partial charge on any atom is -0.490 e. The van der Waals surface area contributed by atoms with E-state index in [9.17, 15) is 9.59 Å². The minimum atomic E-state index is -0.637. The number of ether oxygens (including phenoxy) is 1. The van der Waals surface area contributed by atoms with Gasteiger partial charge in [0.25, 0.3) is 5.91 Å². The average molecular weight is 474 g/mol. The monoisotopic (exact) mass is 473 g/mol. The maximum Gasteiger partial charge on any atom is 0.360 e. The van der Waals surface area contributed by atoms with E-state index >= 15 is 0 Å². The van der Waals surface area contributed by atoms with Gasteiger partial charge in [-0.05, 0) is 50.6 Å². The molecule has 1 fully saturated rings. The zero-order valence-electron chi connectivity index (χ0n) is 19.7. The summed E-state index contributed by atoms with van der Waals surface area (Å²) >= 11 is 0. The number of piperidine rings is 1. The summed E-state index contributed by atoms with van der Waals surface area (Å²) in [6, 6.07) is 15.1. The van der Waals surface area contributed by atoms with Gasteiger partial charge in [-0.2, -0.15) is 0 Å². The Labute approximate surface area is 202 Å². The molecule has 2 aromatic heterocycles. The van der Waals surface area contributed by atoms with Crippen LogP contribution in [0.25, 0.3) is 11.0 Å². The van der Waals surface area contributed by atoms with Crippen molar-refractivity contribution in [2.45, 2.75) is 32.4 Å². The number of rotatable bonds is 6. The molecule has 0 saturated carbocycles. The topological polar surface area (TPSA) is 102 Å². The fourth-order valence-corrected chi connectivity index (χ4v) is 4.24. The van der Waals surface area contributed by atoms with Crippen LogP contribution < -0.4 is 15.7 Å². The van der Waals surface area contributed by atoms with Crippen molar-refractivity contribution in [3.63, 3.8) is 0 Å². The molecule has 0 spiro atoms. The zero-order chi connectivity index (χ0) is 24.4. The predicted molar refractivity (Wildman–Crippen MR) is 132 cm³/mol. The second-order valence-corrected chi connectivity index (χ2v) is 8.92. The Morgan fingerprint density at radius 2 is 1.94 bits per heavy atom. The van der Waals surface area contributed by atoms with Crippen molar-refractivity contribution >= 4 is 22.6 Å². The number of likely N-dealkylation sites (tertiary alicyclic amines) is 1. The maximum absolute atomic E-state index is 12.7. The molecule has 1 saturated heterocycles. The van der Waals surface area contributed by atoms with Crippen LogP contribution in [0.5, 0.6) is 5.75 Å². The highest BCUT2D eigenvalue weighted by Crippen LogP contribution is 2.30. The molecule has 1 aliphatic rings. The molecule has 3 heterocycles. The maximum atomic E-state index is 12.7. The largest absolute Gasteiger partial charge is 0.490 e. The van der Waals surface area contributed by atoms with Crippen molar-refractivity contribution in [3.8, 4) is 5.75 Å². The van der Waals surface area contributed by atoms with Gasteiger partial charge in [-0.1, -0.05) is 35.5 Å². The lowest BCUT2D eigenvalue weighted by molar-refractivity contribution is 0.102. The van der Waals surface area contributed by atoms with Crippen molar-refractivity contribution in [1.29, 1.82) is 0 Å². The summed E-state index contributed by atoms with van der Waals surface area (Å²) < 4.78 is 13.4. The summed E-state index contributed by atoms with van der Waals surface area (Å²) in [6.07, 6.45) is 3.60. The number of nitrogens with zero attached hydrogens (tertiary/aromatic N) is 4. The number of fused-ring (bicyclic) bond motifs is 1. The second kappa shape index (κ2) is 9.71. The van der Waals surface area contributed by atoms with Crippen LogP contribution in [-0.4, -0.2) is 52.0 Å². The van der Waals surface area contributed by atoms with Crippen LogP contribution in [0.2, 0.25) is 0 Å². The molecule has 0 unspecified atom stereocenters. The van der Waals surface area contributed by atoms with Gasteiger partial charge in [0, 0.05) is 24.0 Å². The third kappa shape index (κ3) is 5.09. The average Bonchev–Trinajstić information content (AvgIpc) is 3.32. The molecule has 0 radical (unpaired) electrons. The van der Waals surface area contributed by atoms with Gasteiger partial charge in [-0.3, -0.25) is 4.79 Å². The number of anilines is 1. The van der Waals surface area contributed by atoms with Gasteiger partial charge in [0.05, 0.1) is 12.7 Å². The molecule has 9 nitrogen and oxygen atoms in total.